The van der Waals surface area contributed by atoms with E-state index < -0.39 is 23.3 Å². The minimum atomic E-state index is -0.927. The van der Waals surface area contributed by atoms with Crippen LogP contribution in [0, 0.1) is 24.0 Å². The summed E-state index contributed by atoms with van der Waals surface area (Å²) in [6, 6.07) is 5.41. The van der Waals surface area contributed by atoms with Crippen molar-refractivity contribution in [2.24, 2.45) is 0 Å². The summed E-state index contributed by atoms with van der Waals surface area (Å²) in [7, 11) is 0. The van der Waals surface area contributed by atoms with E-state index in [2.05, 4.69) is 26.0 Å². The van der Waals surface area contributed by atoms with Crippen LogP contribution in [-0.4, -0.2) is 88.7 Å². The van der Waals surface area contributed by atoms with E-state index in [1.165, 1.54) is 24.3 Å². The van der Waals surface area contributed by atoms with Gasteiger partial charge in [0.15, 0.2) is 5.82 Å². The maximum absolute atomic E-state index is 16.9. The van der Waals surface area contributed by atoms with Crippen molar-refractivity contribution >= 4 is 33.3 Å². The number of phenols is 1. The first-order valence-electron chi connectivity index (χ1n) is 15.3. The van der Waals surface area contributed by atoms with Crippen molar-refractivity contribution in [3.05, 3.63) is 41.5 Å². The molecule has 0 unspecified atom stereocenters. The number of benzene rings is 2. The lowest BCUT2D eigenvalue weighted by molar-refractivity contribution is 0.107. The molecule has 2 N–H and O–H groups in total. The molecule has 2 aromatic carbocycles. The standard InChI is InChI=1S/C33H31F3N6O3/c1-2-22-24(35)5-4-18-12-21(43)13-23(25(18)22)28-27(36)29-26-30(38-28)37-15-20-6-10-44-11-9-42(20)31(26)40-32(39-29)45-17-33-7-3-8-41(33)16-19(34)14-33/h1,4-5,12-13,19-20,43H,3,6-11,14-17H2,(H,37,38)/t19-,20-,33+/m1/s1. The highest BCUT2D eigenvalue weighted by Crippen LogP contribution is 2.44. The SMILES string of the molecule is C#Cc1c(F)ccc2cc(O)cc(-c3nc4c5c(nc(OC[C@@]67CCCN6C[C@H](F)C7)nc5c3F)N3CCOCC[C@@H]3CN4)c12. The molecule has 2 aromatic heterocycles. The van der Waals surface area contributed by atoms with E-state index in [9.17, 15) is 13.9 Å². The molecule has 45 heavy (non-hydrogen) atoms. The number of fused-ring (bicyclic) bond motifs is 4. The van der Waals surface area contributed by atoms with Crippen LogP contribution in [0.2, 0.25) is 0 Å². The molecule has 0 bridgehead atoms. The summed E-state index contributed by atoms with van der Waals surface area (Å²) in [5.74, 6) is 1.60. The molecule has 12 heteroatoms. The molecule has 0 radical (unpaired) electrons. The van der Waals surface area contributed by atoms with Gasteiger partial charge in [0.25, 0.3) is 0 Å². The monoisotopic (exact) mass is 616 g/mol. The molecule has 232 valence electrons. The van der Waals surface area contributed by atoms with E-state index in [0.717, 1.165) is 19.4 Å². The summed E-state index contributed by atoms with van der Waals surface area (Å²) in [6.45, 7) is 3.38. The zero-order chi connectivity index (χ0) is 30.9. The van der Waals surface area contributed by atoms with E-state index >= 15 is 4.39 Å². The smallest absolute Gasteiger partial charge is 0.319 e. The molecular weight excluding hydrogens is 585 g/mol. The number of hydrogen-bond donors (Lipinski definition) is 2. The molecule has 0 aliphatic carbocycles. The zero-order valence-electron chi connectivity index (χ0n) is 24.5. The number of anilines is 2. The highest BCUT2D eigenvalue weighted by Gasteiger charge is 2.49. The largest absolute Gasteiger partial charge is 0.508 e. The zero-order valence-corrected chi connectivity index (χ0v) is 24.5. The lowest BCUT2D eigenvalue weighted by Crippen LogP contribution is -2.43. The van der Waals surface area contributed by atoms with Gasteiger partial charge in [0, 0.05) is 43.6 Å². The van der Waals surface area contributed by atoms with Gasteiger partial charge >= 0.3 is 6.01 Å². The average molecular weight is 617 g/mol. The predicted molar refractivity (Wildman–Crippen MR) is 163 cm³/mol. The van der Waals surface area contributed by atoms with Gasteiger partial charge < -0.3 is 24.8 Å². The minimum absolute atomic E-state index is 0.0232. The maximum atomic E-state index is 16.9. The fraction of sp³-hybridized carbons (Fsp3) is 0.424. The van der Waals surface area contributed by atoms with Crippen LogP contribution in [0.3, 0.4) is 0 Å². The van der Waals surface area contributed by atoms with Crippen LogP contribution in [0.25, 0.3) is 32.9 Å². The number of terminal acetylenes is 1. The highest BCUT2D eigenvalue weighted by atomic mass is 19.1. The number of nitrogens with one attached hydrogen (secondary N) is 1. The van der Waals surface area contributed by atoms with Gasteiger partial charge in [-0.1, -0.05) is 12.0 Å². The fourth-order valence-corrected chi connectivity index (χ4v) is 7.64. The number of aromatic nitrogens is 3. The second kappa shape index (κ2) is 10.6. The highest BCUT2D eigenvalue weighted by molar-refractivity contribution is 6.06. The van der Waals surface area contributed by atoms with Crippen LogP contribution in [0.1, 0.15) is 31.2 Å². The Morgan fingerprint density at radius 3 is 2.91 bits per heavy atom. The Balaban J connectivity index is 1.33. The Morgan fingerprint density at radius 2 is 2.04 bits per heavy atom. The fourth-order valence-electron chi connectivity index (χ4n) is 7.64. The molecule has 4 aromatic rings. The molecule has 0 amide bonds. The number of alkyl halides is 1. The number of rotatable bonds is 4. The van der Waals surface area contributed by atoms with Crippen molar-refractivity contribution in [1.82, 2.24) is 19.9 Å². The third-order valence-corrected chi connectivity index (χ3v) is 9.72. The van der Waals surface area contributed by atoms with E-state index in [-0.39, 0.29) is 52.1 Å². The first kappa shape index (κ1) is 28.2. The number of phenolic OH excluding ortho intramolecular Hbond substituents is 1. The molecule has 4 aliphatic rings. The van der Waals surface area contributed by atoms with E-state index in [1.807, 2.05) is 0 Å². The Bertz CT molecular complexity index is 1900. The first-order valence-corrected chi connectivity index (χ1v) is 15.3. The van der Waals surface area contributed by atoms with E-state index in [4.69, 9.17) is 25.9 Å². The third-order valence-electron chi connectivity index (χ3n) is 9.72. The van der Waals surface area contributed by atoms with Gasteiger partial charge in [0.05, 0.1) is 29.1 Å². The predicted octanol–water partition coefficient (Wildman–Crippen LogP) is 4.79. The first-order chi connectivity index (χ1) is 21.8. The molecule has 9 nitrogen and oxygen atoms in total. The van der Waals surface area contributed by atoms with E-state index in [1.54, 1.807) is 0 Å². The summed E-state index contributed by atoms with van der Waals surface area (Å²) >= 11 is 0. The Labute approximate surface area is 257 Å². The van der Waals surface area contributed by atoms with Gasteiger partial charge in [0.1, 0.15) is 47.2 Å². The van der Waals surface area contributed by atoms with Gasteiger partial charge in [-0.15, -0.1) is 6.42 Å². The van der Waals surface area contributed by atoms with Crippen molar-refractivity contribution in [3.8, 4) is 35.4 Å². The molecule has 8 rings (SSSR count). The molecule has 3 fully saturated rings. The summed E-state index contributed by atoms with van der Waals surface area (Å²) < 4.78 is 58.3. The van der Waals surface area contributed by atoms with Gasteiger partial charge in [-0.2, -0.15) is 9.97 Å². The molecular formula is C33H31F3N6O3. The van der Waals surface area contributed by atoms with Crippen molar-refractivity contribution in [3.63, 3.8) is 0 Å². The summed E-state index contributed by atoms with van der Waals surface area (Å²) in [5, 5.41) is 15.0. The third kappa shape index (κ3) is 4.51. The van der Waals surface area contributed by atoms with Crippen LogP contribution in [-0.2, 0) is 4.74 Å². The second-order valence-electron chi connectivity index (χ2n) is 12.3. The van der Waals surface area contributed by atoms with Crippen molar-refractivity contribution in [2.45, 2.75) is 43.4 Å². The number of halogens is 3. The number of aromatic hydroxyl groups is 1. The van der Waals surface area contributed by atoms with Gasteiger partial charge in [0.2, 0.25) is 0 Å². The molecule has 3 saturated heterocycles. The average Bonchev–Trinajstić information content (AvgIpc) is 3.38. The van der Waals surface area contributed by atoms with Crippen LogP contribution < -0.4 is 15.0 Å². The lowest BCUT2D eigenvalue weighted by atomic mass is 9.95. The maximum Gasteiger partial charge on any atom is 0.319 e. The summed E-state index contributed by atoms with van der Waals surface area (Å²) in [4.78, 5) is 18.3. The summed E-state index contributed by atoms with van der Waals surface area (Å²) in [6.07, 6.45) is 7.60. The van der Waals surface area contributed by atoms with Crippen LogP contribution in [0.4, 0.5) is 24.8 Å². The van der Waals surface area contributed by atoms with Gasteiger partial charge in [-0.05, 0) is 49.4 Å². The number of pyridine rings is 1. The second-order valence-corrected chi connectivity index (χ2v) is 12.3. The molecule has 0 saturated carbocycles. The van der Waals surface area contributed by atoms with Gasteiger partial charge in [-0.3, -0.25) is 4.90 Å². The molecule has 3 atom stereocenters. The Morgan fingerprint density at radius 1 is 1.16 bits per heavy atom. The number of hydrogen-bond acceptors (Lipinski definition) is 9. The normalized spacial score (nSPS) is 24.5. The summed E-state index contributed by atoms with van der Waals surface area (Å²) in [5.41, 5.74) is -0.577. The van der Waals surface area contributed by atoms with Crippen molar-refractivity contribution < 1.29 is 27.8 Å². The molecule has 4 aliphatic heterocycles. The van der Waals surface area contributed by atoms with Crippen LogP contribution in [0.15, 0.2) is 24.3 Å². The van der Waals surface area contributed by atoms with Crippen molar-refractivity contribution in [2.75, 3.05) is 56.2 Å². The number of nitrogens with zero attached hydrogens (tertiary/aromatic N) is 5. The topological polar surface area (TPSA) is 95.9 Å². The Kier molecular flexibility index (Phi) is 6.65. The lowest BCUT2D eigenvalue weighted by Gasteiger charge is -2.31. The molecule has 0 spiro atoms. The van der Waals surface area contributed by atoms with Crippen LogP contribution >= 0.6 is 0 Å². The Hall–Kier alpha value is -4.34. The quantitative estimate of drug-likeness (QED) is 0.314. The van der Waals surface area contributed by atoms with E-state index in [0.29, 0.717) is 68.1 Å². The number of ether oxygens (including phenoxy) is 2. The molecule has 6 heterocycles. The van der Waals surface area contributed by atoms with Crippen molar-refractivity contribution in [1.29, 1.82) is 0 Å². The minimum Gasteiger partial charge on any atom is -0.508 e. The van der Waals surface area contributed by atoms with Gasteiger partial charge in [-0.25, -0.2) is 18.2 Å². The van der Waals surface area contributed by atoms with Crippen LogP contribution in [0.5, 0.6) is 11.8 Å².